The summed E-state index contributed by atoms with van der Waals surface area (Å²) in [6.45, 7) is 4.53. The molecule has 0 spiro atoms. The highest BCUT2D eigenvalue weighted by molar-refractivity contribution is 6.05. The van der Waals surface area contributed by atoms with Crippen LogP contribution in [0.5, 0.6) is 34.5 Å². The number of ether oxygens (including phenoxy) is 6. The Balaban J connectivity index is 1.22. The Labute approximate surface area is 507 Å². The third-order valence-corrected chi connectivity index (χ3v) is 15.2. The summed E-state index contributed by atoms with van der Waals surface area (Å²) in [6.07, 6.45) is 14.0. The van der Waals surface area contributed by atoms with Crippen LogP contribution in [0, 0.1) is 0 Å². The van der Waals surface area contributed by atoms with Crippen LogP contribution in [0.4, 0.5) is 0 Å². The SMILES string of the molecule is COc1cc(OC)c(C(=O)N[C@H]2CC[C@@H](NC(=O)c3cc(C(=O)NCCN)c(OCCCCCN)cc3OCCCCCN)CC2)cc1C(=O)N[C@H]1CC[C@@H](NC(=O)c2cc(C(=O)NCCN)c(OCCCCCN)cc2OCCCCCN)CC1. The molecule has 0 atom stereocenters. The number of rotatable bonds is 40. The predicted molar refractivity (Wildman–Crippen MR) is 331 cm³/mol. The zero-order chi connectivity index (χ0) is 62.1. The molecule has 0 bridgehead atoms. The van der Waals surface area contributed by atoms with Crippen LogP contribution in [-0.2, 0) is 0 Å². The average Bonchev–Trinajstić information content (AvgIpc) is 1.53. The van der Waals surface area contributed by atoms with E-state index >= 15 is 0 Å². The van der Waals surface area contributed by atoms with E-state index in [2.05, 4.69) is 31.9 Å². The predicted octanol–water partition coefficient (Wildman–Crippen LogP) is 4.05. The van der Waals surface area contributed by atoms with E-state index in [4.69, 9.17) is 62.8 Å². The van der Waals surface area contributed by atoms with E-state index in [9.17, 15) is 28.8 Å². The molecule has 2 fully saturated rings. The molecule has 24 nitrogen and oxygen atoms in total. The Morgan fingerprint density at radius 2 is 0.558 bits per heavy atom. The molecule has 0 aliphatic heterocycles. The van der Waals surface area contributed by atoms with Crippen molar-refractivity contribution in [3.05, 3.63) is 69.8 Å². The quantitative estimate of drug-likeness (QED) is 0.0357. The maximum absolute atomic E-state index is 14.2. The first kappa shape index (κ1) is 69.8. The van der Waals surface area contributed by atoms with Crippen molar-refractivity contribution in [2.45, 2.75) is 153 Å². The van der Waals surface area contributed by atoms with E-state index in [-0.39, 0.29) is 95.2 Å². The molecule has 3 aromatic carbocycles. The Hall–Kier alpha value is -6.96. The fourth-order valence-corrected chi connectivity index (χ4v) is 10.4. The first-order valence-corrected chi connectivity index (χ1v) is 31.0. The summed E-state index contributed by atoms with van der Waals surface area (Å²) in [6, 6.07) is 8.22. The molecular formula is C62H98N12O12. The lowest BCUT2D eigenvalue weighted by Gasteiger charge is -2.30. The monoisotopic (exact) mass is 1200 g/mol. The van der Waals surface area contributed by atoms with Gasteiger partial charge in [0, 0.05) is 68.5 Å². The second-order valence-electron chi connectivity index (χ2n) is 21.8. The Bertz CT molecular complexity index is 2440. The highest BCUT2D eigenvalue weighted by Gasteiger charge is 2.31. The second-order valence-corrected chi connectivity index (χ2v) is 21.8. The van der Waals surface area contributed by atoms with Crippen molar-refractivity contribution in [1.82, 2.24) is 31.9 Å². The first-order valence-electron chi connectivity index (χ1n) is 31.0. The second kappa shape index (κ2) is 39.0. The van der Waals surface area contributed by atoms with Crippen molar-refractivity contribution in [3.63, 3.8) is 0 Å². The molecule has 0 radical (unpaired) electrons. The van der Waals surface area contributed by atoms with Gasteiger partial charge in [-0.15, -0.1) is 0 Å². The number of hydrogen-bond donors (Lipinski definition) is 12. The van der Waals surface area contributed by atoms with Gasteiger partial charge in [0.25, 0.3) is 35.4 Å². The van der Waals surface area contributed by atoms with Crippen LogP contribution in [0.25, 0.3) is 0 Å². The number of unbranched alkanes of at least 4 members (excludes halogenated alkanes) is 8. The molecule has 18 N–H and O–H groups in total. The zero-order valence-corrected chi connectivity index (χ0v) is 50.8. The number of amides is 6. The topological polar surface area (TPSA) is 386 Å². The van der Waals surface area contributed by atoms with Gasteiger partial charge >= 0.3 is 0 Å². The molecule has 2 aliphatic carbocycles. The van der Waals surface area contributed by atoms with Gasteiger partial charge in [-0.25, -0.2) is 0 Å². The molecule has 6 amide bonds. The number of nitrogens with one attached hydrogen (secondary N) is 6. The van der Waals surface area contributed by atoms with Crippen molar-refractivity contribution in [3.8, 4) is 34.5 Å². The van der Waals surface area contributed by atoms with E-state index in [0.717, 1.165) is 64.2 Å². The molecule has 0 heterocycles. The van der Waals surface area contributed by atoms with Gasteiger partial charge in [0.15, 0.2) is 0 Å². The van der Waals surface area contributed by atoms with Crippen LogP contribution in [-0.4, -0.2) is 153 Å². The zero-order valence-electron chi connectivity index (χ0n) is 50.8. The molecule has 2 saturated carbocycles. The number of hydrogen-bond acceptors (Lipinski definition) is 18. The van der Waals surface area contributed by atoms with Gasteiger partial charge < -0.3 is 94.7 Å². The van der Waals surface area contributed by atoms with Gasteiger partial charge in [0.1, 0.15) is 34.5 Å². The maximum atomic E-state index is 14.2. The fraction of sp³-hybridized carbons (Fsp3) is 0.613. The molecule has 0 saturated heterocycles. The summed E-state index contributed by atoms with van der Waals surface area (Å²) in [7, 11) is 2.87. The average molecular weight is 1200 g/mol. The van der Waals surface area contributed by atoms with Crippen molar-refractivity contribution in [2.24, 2.45) is 34.4 Å². The normalized spacial score (nSPS) is 16.5. The maximum Gasteiger partial charge on any atom is 0.255 e. The van der Waals surface area contributed by atoms with E-state index in [1.807, 2.05) is 0 Å². The van der Waals surface area contributed by atoms with Crippen molar-refractivity contribution >= 4 is 35.4 Å². The van der Waals surface area contributed by atoms with Crippen molar-refractivity contribution in [2.75, 3.05) is 93.0 Å². The molecule has 3 aromatic rings. The van der Waals surface area contributed by atoms with E-state index in [1.165, 1.54) is 38.5 Å². The third-order valence-electron chi connectivity index (χ3n) is 15.2. The largest absolute Gasteiger partial charge is 0.496 e. The number of carbonyl (C=O) groups excluding carboxylic acids is 6. The van der Waals surface area contributed by atoms with E-state index in [1.54, 1.807) is 12.1 Å². The van der Waals surface area contributed by atoms with Crippen LogP contribution < -0.4 is 94.7 Å². The lowest BCUT2D eigenvalue weighted by Crippen LogP contribution is -2.44. The van der Waals surface area contributed by atoms with Crippen LogP contribution >= 0.6 is 0 Å². The smallest absolute Gasteiger partial charge is 0.255 e. The molecule has 0 aromatic heterocycles. The Kier molecular flexibility index (Phi) is 31.6. The van der Waals surface area contributed by atoms with E-state index in [0.29, 0.717) is 140 Å². The molecular weight excluding hydrogens is 1100 g/mol. The molecule has 86 heavy (non-hydrogen) atoms. The summed E-state index contributed by atoms with van der Waals surface area (Å²) in [5.41, 5.74) is 35.2. The van der Waals surface area contributed by atoms with Gasteiger partial charge in [-0.2, -0.15) is 0 Å². The molecule has 0 unspecified atom stereocenters. The minimum atomic E-state index is -0.443. The lowest BCUT2D eigenvalue weighted by atomic mass is 9.90. The summed E-state index contributed by atoms with van der Waals surface area (Å²) in [5.74, 6) is -0.953. The summed E-state index contributed by atoms with van der Waals surface area (Å²) in [5, 5.41) is 18.1. The van der Waals surface area contributed by atoms with Gasteiger partial charge in [0.2, 0.25) is 0 Å². The Morgan fingerprint density at radius 3 is 0.791 bits per heavy atom. The van der Waals surface area contributed by atoms with Gasteiger partial charge in [-0.1, -0.05) is 0 Å². The third kappa shape index (κ3) is 22.4. The highest BCUT2D eigenvalue weighted by atomic mass is 16.5. The number of benzene rings is 3. The van der Waals surface area contributed by atoms with Crippen LogP contribution in [0.3, 0.4) is 0 Å². The van der Waals surface area contributed by atoms with Crippen LogP contribution in [0.2, 0.25) is 0 Å². The lowest BCUT2D eigenvalue weighted by molar-refractivity contribution is 0.0882. The van der Waals surface area contributed by atoms with Crippen LogP contribution in [0.15, 0.2) is 36.4 Å². The number of methoxy groups -OCH3 is 2. The minimum Gasteiger partial charge on any atom is -0.496 e. The van der Waals surface area contributed by atoms with Gasteiger partial charge in [0.05, 0.1) is 74.0 Å². The summed E-state index contributed by atoms with van der Waals surface area (Å²) < 4.78 is 35.9. The minimum absolute atomic E-state index is 0.145. The van der Waals surface area contributed by atoms with Crippen molar-refractivity contribution < 1.29 is 57.2 Å². The summed E-state index contributed by atoms with van der Waals surface area (Å²) >= 11 is 0. The number of carbonyl (C=O) groups is 6. The van der Waals surface area contributed by atoms with Gasteiger partial charge in [-0.3, -0.25) is 28.8 Å². The first-order chi connectivity index (χ1) is 41.8. The van der Waals surface area contributed by atoms with Gasteiger partial charge in [-0.05, 0) is 173 Å². The standard InChI is InChI=1S/C62H98N12O12/c1-81-51-38-52(82-2)46(60(78)72-42-17-21-44(22-18-42)74-62(80)50-37-48(58(76)70-30-28-68)54(84-32-12-4-8-24-64)40-56(50)86-34-14-6-10-26-66)35-45(51)59(77)71-41-15-19-43(20-16-41)73-61(79)49-36-47(57(75)69-29-27-67)53(83-31-11-3-7-23-63)39-55(49)85-33-13-5-9-25-65/h35-44H,3-34,63-68H2,1-2H3,(H,69,75)(H,70,76)(H,71,77)(H,72,78)(H,73,79)(H,74,80)/t41-,42-,43+,44+. The molecule has 5 rings (SSSR count). The number of nitrogens with two attached hydrogens (primary N) is 6. The summed E-state index contributed by atoms with van der Waals surface area (Å²) in [4.78, 5) is 83.4. The molecule has 2 aliphatic rings. The fourth-order valence-electron chi connectivity index (χ4n) is 10.4. The highest BCUT2D eigenvalue weighted by Crippen LogP contribution is 2.35. The molecule has 478 valence electrons. The van der Waals surface area contributed by atoms with Crippen LogP contribution in [0.1, 0.15) is 191 Å². The Morgan fingerprint density at radius 1 is 0.326 bits per heavy atom. The van der Waals surface area contributed by atoms with E-state index < -0.39 is 35.4 Å². The van der Waals surface area contributed by atoms with Crippen molar-refractivity contribution in [1.29, 1.82) is 0 Å². The molecule has 24 heteroatoms.